The molecule has 0 aromatic heterocycles. The largest absolute Gasteiger partial charge is 0.481 e. The summed E-state index contributed by atoms with van der Waals surface area (Å²) in [6.45, 7) is 3.97. The second kappa shape index (κ2) is 8.35. The molecule has 0 saturated carbocycles. The Morgan fingerprint density at radius 1 is 1.25 bits per heavy atom. The van der Waals surface area contributed by atoms with E-state index in [0.29, 0.717) is 0 Å². The van der Waals surface area contributed by atoms with E-state index in [0.717, 1.165) is 24.8 Å². The van der Waals surface area contributed by atoms with Crippen molar-refractivity contribution in [3.8, 4) is 0 Å². The van der Waals surface area contributed by atoms with Crippen molar-refractivity contribution in [2.24, 2.45) is 5.92 Å². The summed E-state index contributed by atoms with van der Waals surface area (Å²) in [6.07, 6.45) is 2.78. The molecule has 4 nitrogen and oxygen atoms in total. The average molecular weight is 277 g/mol. The van der Waals surface area contributed by atoms with E-state index in [1.807, 2.05) is 37.3 Å². The van der Waals surface area contributed by atoms with Crippen molar-refractivity contribution in [1.29, 1.82) is 0 Å². The summed E-state index contributed by atoms with van der Waals surface area (Å²) in [7, 11) is 0. The van der Waals surface area contributed by atoms with Crippen molar-refractivity contribution in [3.05, 3.63) is 35.9 Å². The van der Waals surface area contributed by atoms with Crippen LogP contribution in [0.3, 0.4) is 0 Å². The quantitative estimate of drug-likeness (QED) is 0.767. The van der Waals surface area contributed by atoms with E-state index < -0.39 is 12.0 Å². The van der Waals surface area contributed by atoms with Gasteiger partial charge in [0, 0.05) is 5.92 Å². The van der Waals surface area contributed by atoms with Crippen LogP contribution >= 0.6 is 0 Å². The highest BCUT2D eigenvalue weighted by atomic mass is 16.4. The first-order valence-corrected chi connectivity index (χ1v) is 7.11. The first kappa shape index (κ1) is 16.2. The van der Waals surface area contributed by atoms with Crippen molar-refractivity contribution in [2.75, 3.05) is 0 Å². The Hall–Kier alpha value is -1.84. The Labute approximate surface area is 120 Å². The van der Waals surface area contributed by atoms with Gasteiger partial charge in [-0.3, -0.25) is 9.59 Å². The van der Waals surface area contributed by atoms with Gasteiger partial charge in [-0.1, -0.05) is 57.0 Å². The molecule has 0 aliphatic heterocycles. The highest BCUT2D eigenvalue weighted by molar-refractivity contribution is 5.79. The zero-order chi connectivity index (χ0) is 15.0. The fraction of sp³-hybridized carbons (Fsp3) is 0.500. The molecule has 1 rings (SSSR count). The molecule has 0 radical (unpaired) electrons. The number of aliphatic carboxylic acids is 1. The third-order valence-corrected chi connectivity index (χ3v) is 3.34. The maximum Gasteiger partial charge on any atom is 0.305 e. The number of nitrogens with one attached hydrogen (secondary N) is 1. The van der Waals surface area contributed by atoms with Gasteiger partial charge in [-0.2, -0.15) is 0 Å². The monoisotopic (exact) mass is 277 g/mol. The van der Waals surface area contributed by atoms with E-state index in [2.05, 4.69) is 12.2 Å². The third kappa shape index (κ3) is 5.43. The van der Waals surface area contributed by atoms with Gasteiger partial charge in [-0.15, -0.1) is 0 Å². The lowest BCUT2D eigenvalue weighted by molar-refractivity contribution is -0.137. The number of unbranched alkanes of at least 4 members (excludes halogenated alkanes) is 1. The van der Waals surface area contributed by atoms with Crippen molar-refractivity contribution < 1.29 is 14.7 Å². The minimum atomic E-state index is -0.916. The van der Waals surface area contributed by atoms with Crippen LogP contribution in [0.5, 0.6) is 0 Å². The van der Waals surface area contributed by atoms with Crippen LogP contribution in [-0.2, 0) is 9.59 Å². The van der Waals surface area contributed by atoms with Crippen molar-refractivity contribution >= 4 is 11.9 Å². The summed E-state index contributed by atoms with van der Waals surface area (Å²) < 4.78 is 0. The fourth-order valence-electron chi connectivity index (χ4n) is 2.07. The van der Waals surface area contributed by atoms with Gasteiger partial charge >= 0.3 is 5.97 Å². The van der Waals surface area contributed by atoms with Gasteiger partial charge < -0.3 is 10.4 Å². The van der Waals surface area contributed by atoms with E-state index in [4.69, 9.17) is 5.11 Å². The first-order chi connectivity index (χ1) is 9.54. The third-order valence-electron chi connectivity index (χ3n) is 3.34. The predicted octanol–water partition coefficient (Wildman–Crippen LogP) is 3.14. The fourth-order valence-corrected chi connectivity index (χ4v) is 2.07. The predicted molar refractivity (Wildman–Crippen MR) is 78.3 cm³/mol. The first-order valence-electron chi connectivity index (χ1n) is 7.11. The number of hydrogen-bond donors (Lipinski definition) is 2. The molecule has 0 heterocycles. The molecule has 1 aromatic rings. The number of benzene rings is 1. The molecule has 0 spiro atoms. The Kier molecular flexibility index (Phi) is 6.77. The molecule has 2 unspecified atom stereocenters. The molecule has 0 bridgehead atoms. The highest BCUT2D eigenvalue weighted by Gasteiger charge is 2.20. The molecule has 20 heavy (non-hydrogen) atoms. The smallest absolute Gasteiger partial charge is 0.305 e. The van der Waals surface area contributed by atoms with E-state index >= 15 is 0 Å². The Balaban J connectivity index is 2.70. The van der Waals surface area contributed by atoms with Crippen LogP contribution in [0.2, 0.25) is 0 Å². The summed E-state index contributed by atoms with van der Waals surface area (Å²) in [5.74, 6) is -1.08. The van der Waals surface area contributed by atoms with E-state index in [1.165, 1.54) is 0 Å². The number of carbonyl (C=O) groups is 2. The summed E-state index contributed by atoms with van der Waals surface area (Å²) in [4.78, 5) is 23.1. The summed E-state index contributed by atoms with van der Waals surface area (Å²) in [5, 5.41) is 11.8. The maximum atomic E-state index is 12.1. The molecular formula is C16H23NO3. The number of carboxylic acid groups (broad SMARTS) is 1. The van der Waals surface area contributed by atoms with Gasteiger partial charge in [0.15, 0.2) is 0 Å². The molecular weight excluding hydrogens is 254 g/mol. The molecule has 2 N–H and O–H groups in total. The topological polar surface area (TPSA) is 66.4 Å². The molecule has 1 aromatic carbocycles. The van der Waals surface area contributed by atoms with Gasteiger partial charge in [-0.25, -0.2) is 0 Å². The highest BCUT2D eigenvalue weighted by Crippen LogP contribution is 2.18. The minimum absolute atomic E-state index is 0.0754. The maximum absolute atomic E-state index is 12.1. The van der Waals surface area contributed by atoms with Gasteiger partial charge in [0.25, 0.3) is 0 Å². The van der Waals surface area contributed by atoms with Crippen LogP contribution in [0.25, 0.3) is 0 Å². The van der Waals surface area contributed by atoms with Crippen molar-refractivity contribution in [3.63, 3.8) is 0 Å². The minimum Gasteiger partial charge on any atom is -0.481 e. The van der Waals surface area contributed by atoms with E-state index in [1.54, 1.807) is 0 Å². The lowest BCUT2D eigenvalue weighted by atomic mass is 10.00. The van der Waals surface area contributed by atoms with E-state index in [-0.39, 0.29) is 18.2 Å². The molecule has 1 amide bonds. The van der Waals surface area contributed by atoms with Gasteiger partial charge in [0.05, 0.1) is 12.5 Å². The second-order valence-electron chi connectivity index (χ2n) is 5.11. The Morgan fingerprint density at radius 2 is 1.90 bits per heavy atom. The van der Waals surface area contributed by atoms with Crippen molar-refractivity contribution in [1.82, 2.24) is 5.32 Å². The van der Waals surface area contributed by atoms with Crippen molar-refractivity contribution in [2.45, 2.75) is 45.6 Å². The van der Waals surface area contributed by atoms with Crippen LogP contribution in [0, 0.1) is 5.92 Å². The lowest BCUT2D eigenvalue weighted by Gasteiger charge is -2.20. The Bertz CT molecular complexity index is 431. The zero-order valence-corrected chi connectivity index (χ0v) is 12.1. The van der Waals surface area contributed by atoms with E-state index in [9.17, 15) is 9.59 Å². The van der Waals surface area contributed by atoms with Crippen LogP contribution in [-0.4, -0.2) is 17.0 Å². The molecule has 0 saturated heterocycles. The van der Waals surface area contributed by atoms with Crippen LogP contribution in [0.15, 0.2) is 30.3 Å². The summed E-state index contributed by atoms with van der Waals surface area (Å²) in [6, 6.07) is 8.76. The number of carbonyl (C=O) groups excluding carboxylic acids is 1. The SMILES string of the molecule is CCCCC(C)C(=O)NC(CC(=O)O)c1ccccc1. The molecule has 110 valence electrons. The van der Waals surface area contributed by atoms with Crippen LogP contribution in [0.4, 0.5) is 0 Å². The van der Waals surface area contributed by atoms with Gasteiger partial charge in [0.1, 0.15) is 0 Å². The second-order valence-corrected chi connectivity index (χ2v) is 5.11. The number of amides is 1. The summed E-state index contributed by atoms with van der Waals surface area (Å²) in [5.41, 5.74) is 0.825. The summed E-state index contributed by atoms with van der Waals surface area (Å²) >= 11 is 0. The molecule has 0 fully saturated rings. The van der Waals surface area contributed by atoms with Gasteiger partial charge in [0.2, 0.25) is 5.91 Å². The zero-order valence-electron chi connectivity index (χ0n) is 12.1. The molecule has 4 heteroatoms. The Morgan fingerprint density at radius 3 is 2.45 bits per heavy atom. The number of carboxylic acids is 1. The van der Waals surface area contributed by atoms with Gasteiger partial charge in [-0.05, 0) is 12.0 Å². The molecule has 0 aliphatic rings. The number of rotatable bonds is 8. The van der Waals surface area contributed by atoms with Crippen LogP contribution < -0.4 is 5.32 Å². The lowest BCUT2D eigenvalue weighted by Crippen LogP contribution is -2.34. The number of hydrogen-bond acceptors (Lipinski definition) is 2. The molecule has 0 aliphatic carbocycles. The standard InChI is InChI=1S/C16H23NO3/c1-3-4-8-12(2)16(20)17-14(11-15(18)19)13-9-6-5-7-10-13/h5-7,9-10,12,14H,3-4,8,11H2,1-2H3,(H,17,20)(H,18,19). The van der Waals surface area contributed by atoms with Crippen LogP contribution in [0.1, 0.15) is 51.1 Å². The normalized spacial score (nSPS) is 13.5. The average Bonchev–Trinajstić information content (AvgIpc) is 2.44. The molecule has 2 atom stereocenters.